The lowest BCUT2D eigenvalue weighted by Crippen LogP contribution is -2.31. The number of nitrogens with zero attached hydrogens (tertiary/aromatic N) is 5. The van der Waals surface area contributed by atoms with Crippen molar-refractivity contribution in [3.8, 4) is 0 Å². The second kappa shape index (κ2) is 6.72. The van der Waals surface area contributed by atoms with Crippen molar-refractivity contribution in [1.82, 2.24) is 30.1 Å². The van der Waals surface area contributed by atoms with Gasteiger partial charge in [-0.2, -0.15) is 15.0 Å². The fourth-order valence-electron chi connectivity index (χ4n) is 3.23. The second-order valence-electron chi connectivity index (χ2n) is 6.18. The van der Waals surface area contributed by atoms with Crippen molar-refractivity contribution in [2.24, 2.45) is 13.0 Å². The number of ether oxygens (including phenoxy) is 1. The molecule has 0 unspecified atom stereocenters. The predicted molar refractivity (Wildman–Crippen MR) is 87.5 cm³/mol. The van der Waals surface area contributed by atoms with E-state index in [0.29, 0.717) is 25.4 Å². The quantitative estimate of drug-likeness (QED) is 0.888. The van der Waals surface area contributed by atoms with Crippen LogP contribution in [0, 0.1) is 19.8 Å². The van der Waals surface area contributed by atoms with Gasteiger partial charge in [0.15, 0.2) is 5.69 Å². The van der Waals surface area contributed by atoms with Gasteiger partial charge in [0.25, 0.3) is 5.91 Å². The van der Waals surface area contributed by atoms with Crippen LogP contribution in [0.2, 0.25) is 0 Å². The molecule has 1 aliphatic heterocycles. The Kier molecular flexibility index (Phi) is 4.66. The number of carbonyl (C=O) groups excluding carboxylic acids is 1. The van der Waals surface area contributed by atoms with Crippen LogP contribution in [0.15, 0.2) is 6.20 Å². The molecular formula is C16H24N6O2. The van der Waals surface area contributed by atoms with E-state index in [9.17, 15) is 4.79 Å². The molecule has 24 heavy (non-hydrogen) atoms. The number of hydrogen-bond donors (Lipinski definition) is 1. The van der Waals surface area contributed by atoms with Crippen molar-refractivity contribution >= 4 is 5.91 Å². The second-order valence-corrected chi connectivity index (χ2v) is 6.18. The van der Waals surface area contributed by atoms with Crippen LogP contribution in [-0.2, 0) is 18.3 Å². The highest BCUT2D eigenvalue weighted by Crippen LogP contribution is 2.37. The molecule has 0 saturated carbocycles. The van der Waals surface area contributed by atoms with Gasteiger partial charge in [0, 0.05) is 37.4 Å². The Bertz CT molecular complexity index is 735. The van der Waals surface area contributed by atoms with Crippen LogP contribution < -0.4 is 5.32 Å². The molecule has 3 rings (SSSR count). The Morgan fingerprint density at radius 3 is 2.83 bits per heavy atom. The molecule has 2 aromatic heterocycles. The Balaban J connectivity index is 1.67. The molecule has 0 spiro atoms. The number of aryl methyl sites for hydroxylation is 3. The highest BCUT2D eigenvalue weighted by atomic mass is 16.5. The maximum Gasteiger partial charge on any atom is 0.273 e. The zero-order valence-electron chi connectivity index (χ0n) is 14.6. The van der Waals surface area contributed by atoms with Gasteiger partial charge < -0.3 is 10.1 Å². The summed E-state index contributed by atoms with van der Waals surface area (Å²) in [5.74, 6) is 0.0387. The van der Waals surface area contributed by atoms with Crippen molar-refractivity contribution in [3.63, 3.8) is 0 Å². The summed E-state index contributed by atoms with van der Waals surface area (Å²) in [6.07, 6.45) is 2.39. The van der Waals surface area contributed by atoms with E-state index in [1.54, 1.807) is 0 Å². The standard InChI is InChI=1S/C16H24N6O2/c1-5-22-18-9-13(20-22)16(23)17-8-12-6-7-24-15(12)14-10(2)19-21(4)11(14)3/h9,12,15H,5-8H2,1-4H3,(H,17,23)/t12-,15+/m1/s1. The summed E-state index contributed by atoms with van der Waals surface area (Å²) in [5, 5.41) is 15.6. The zero-order chi connectivity index (χ0) is 17.3. The first kappa shape index (κ1) is 16.6. The van der Waals surface area contributed by atoms with E-state index in [4.69, 9.17) is 4.74 Å². The Labute approximate surface area is 141 Å². The van der Waals surface area contributed by atoms with Gasteiger partial charge >= 0.3 is 0 Å². The first-order chi connectivity index (χ1) is 11.5. The van der Waals surface area contributed by atoms with Crippen molar-refractivity contribution in [2.75, 3.05) is 13.2 Å². The maximum absolute atomic E-state index is 12.2. The lowest BCUT2D eigenvalue weighted by molar-refractivity contribution is 0.0837. The van der Waals surface area contributed by atoms with Gasteiger partial charge in [-0.1, -0.05) is 0 Å². The molecule has 0 aromatic carbocycles. The molecule has 1 saturated heterocycles. The molecule has 130 valence electrons. The summed E-state index contributed by atoms with van der Waals surface area (Å²) in [4.78, 5) is 13.7. The fourth-order valence-corrected chi connectivity index (χ4v) is 3.23. The largest absolute Gasteiger partial charge is 0.373 e. The van der Waals surface area contributed by atoms with Crippen LogP contribution in [0.3, 0.4) is 0 Å². The number of carbonyl (C=O) groups is 1. The lowest BCUT2D eigenvalue weighted by atomic mass is 9.94. The zero-order valence-corrected chi connectivity index (χ0v) is 14.6. The normalized spacial score (nSPS) is 20.5. The van der Waals surface area contributed by atoms with Gasteiger partial charge in [0.05, 0.1) is 24.5 Å². The number of hydrogen-bond acceptors (Lipinski definition) is 5. The molecule has 1 amide bonds. The molecule has 0 bridgehead atoms. The number of rotatable bonds is 5. The highest BCUT2D eigenvalue weighted by molar-refractivity contribution is 5.91. The molecule has 0 radical (unpaired) electrons. The van der Waals surface area contributed by atoms with E-state index in [2.05, 4.69) is 27.5 Å². The van der Waals surface area contributed by atoms with Gasteiger partial charge in [-0.25, -0.2) is 0 Å². The number of aromatic nitrogens is 5. The van der Waals surface area contributed by atoms with Crippen LogP contribution in [0.4, 0.5) is 0 Å². The molecule has 8 heteroatoms. The first-order valence-corrected chi connectivity index (χ1v) is 8.31. The predicted octanol–water partition coefficient (Wildman–Crippen LogP) is 1.16. The third kappa shape index (κ3) is 3.06. The number of amides is 1. The van der Waals surface area contributed by atoms with Crippen molar-refractivity contribution in [2.45, 2.75) is 39.8 Å². The number of nitrogens with one attached hydrogen (secondary N) is 1. The van der Waals surface area contributed by atoms with Gasteiger partial charge in [-0.3, -0.25) is 9.48 Å². The van der Waals surface area contributed by atoms with E-state index in [-0.39, 0.29) is 17.9 Å². The Hall–Kier alpha value is -2.22. The monoisotopic (exact) mass is 332 g/mol. The molecule has 0 aliphatic carbocycles. The van der Waals surface area contributed by atoms with E-state index in [1.807, 2.05) is 25.6 Å². The molecule has 1 N–H and O–H groups in total. The third-order valence-corrected chi connectivity index (χ3v) is 4.64. The molecule has 3 heterocycles. The smallest absolute Gasteiger partial charge is 0.273 e. The summed E-state index contributed by atoms with van der Waals surface area (Å²) in [5.41, 5.74) is 3.60. The molecular weight excluding hydrogens is 308 g/mol. The molecule has 2 aromatic rings. The average molecular weight is 332 g/mol. The molecule has 8 nitrogen and oxygen atoms in total. The molecule has 1 aliphatic rings. The maximum atomic E-state index is 12.2. The van der Waals surface area contributed by atoms with Crippen LogP contribution in [0.1, 0.15) is 46.9 Å². The fraction of sp³-hybridized carbons (Fsp3) is 0.625. The highest BCUT2D eigenvalue weighted by Gasteiger charge is 2.33. The Morgan fingerprint density at radius 2 is 2.21 bits per heavy atom. The van der Waals surface area contributed by atoms with Crippen molar-refractivity contribution in [1.29, 1.82) is 0 Å². The SMILES string of the molecule is CCn1ncc(C(=O)NC[C@H]2CCO[C@@H]2c2c(C)nn(C)c2C)n1. The van der Waals surface area contributed by atoms with Crippen LogP contribution >= 0.6 is 0 Å². The molecule has 2 atom stereocenters. The summed E-state index contributed by atoms with van der Waals surface area (Å²) in [6, 6.07) is 0. The van der Waals surface area contributed by atoms with Crippen LogP contribution in [0.5, 0.6) is 0 Å². The third-order valence-electron chi connectivity index (χ3n) is 4.64. The summed E-state index contributed by atoms with van der Waals surface area (Å²) in [7, 11) is 1.94. The van der Waals surface area contributed by atoms with Gasteiger partial charge in [0.1, 0.15) is 0 Å². The van der Waals surface area contributed by atoms with Crippen molar-refractivity contribution in [3.05, 3.63) is 28.8 Å². The van der Waals surface area contributed by atoms with E-state index in [1.165, 1.54) is 11.0 Å². The minimum Gasteiger partial charge on any atom is -0.373 e. The minimum atomic E-state index is -0.194. The van der Waals surface area contributed by atoms with Crippen molar-refractivity contribution < 1.29 is 9.53 Å². The topological polar surface area (TPSA) is 86.9 Å². The summed E-state index contributed by atoms with van der Waals surface area (Å²) >= 11 is 0. The Morgan fingerprint density at radius 1 is 1.42 bits per heavy atom. The first-order valence-electron chi connectivity index (χ1n) is 8.31. The van der Waals surface area contributed by atoms with Crippen LogP contribution in [0.25, 0.3) is 0 Å². The van der Waals surface area contributed by atoms with Gasteiger partial charge in [0.2, 0.25) is 0 Å². The van der Waals surface area contributed by atoms with E-state index in [0.717, 1.165) is 23.4 Å². The van der Waals surface area contributed by atoms with E-state index >= 15 is 0 Å². The lowest BCUT2D eigenvalue weighted by Gasteiger charge is -2.19. The van der Waals surface area contributed by atoms with Gasteiger partial charge in [-0.05, 0) is 27.2 Å². The molecule has 1 fully saturated rings. The summed E-state index contributed by atoms with van der Waals surface area (Å²) < 4.78 is 7.83. The van der Waals surface area contributed by atoms with E-state index < -0.39 is 0 Å². The minimum absolute atomic E-state index is 0.0228. The van der Waals surface area contributed by atoms with Gasteiger partial charge in [-0.15, -0.1) is 5.10 Å². The average Bonchev–Trinajstić information content (AvgIpc) is 3.26. The summed E-state index contributed by atoms with van der Waals surface area (Å²) in [6.45, 7) is 7.88. The van der Waals surface area contributed by atoms with Crippen LogP contribution in [-0.4, -0.2) is 43.8 Å².